The largest absolute Gasteiger partial charge is 0.478 e. The average molecular weight is 323 g/mol. The van der Waals surface area contributed by atoms with Gasteiger partial charge in [0.1, 0.15) is 15.9 Å². The first-order valence-corrected chi connectivity index (χ1v) is 8.93. The Hall–Kier alpha value is -2.48. The summed E-state index contributed by atoms with van der Waals surface area (Å²) in [5.74, 6) is -0.974. The minimum atomic E-state index is -2.77. The first kappa shape index (κ1) is 15.4. The molecule has 0 aromatic heterocycles. The molecule has 0 bridgehead atoms. The SMILES string of the molecule is O=C(O)c1ccc([P+](O)(c2ccccc2)c2ccccc2)cc1. The molecule has 3 aromatic carbocycles. The van der Waals surface area contributed by atoms with Gasteiger partial charge in [-0.05, 0) is 48.5 Å². The Kier molecular flexibility index (Phi) is 4.24. The van der Waals surface area contributed by atoms with Crippen LogP contribution in [0.25, 0.3) is 0 Å². The van der Waals surface area contributed by atoms with Crippen molar-refractivity contribution in [3.05, 3.63) is 90.5 Å². The first-order valence-electron chi connectivity index (χ1n) is 7.19. The number of carboxylic acid groups (broad SMARTS) is 1. The lowest BCUT2D eigenvalue weighted by Crippen LogP contribution is -2.30. The standard InChI is InChI=1S/C19H15O3P/c20-19(21)15-11-13-18(14-12-15)23(22,16-7-3-1-4-8-16)17-9-5-2-6-10-17/h1-14,22H/p+1. The Labute approximate surface area is 135 Å². The lowest BCUT2D eigenvalue weighted by Gasteiger charge is -2.20. The van der Waals surface area contributed by atoms with Gasteiger partial charge in [0, 0.05) is 0 Å². The predicted octanol–water partition coefficient (Wildman–Crippen LogP) is 2.59. The molecule has 4 heteroatoms. The Bertz CT molecular complexity index is 760. The molecule has 0 radical (unpaired) electrons. The molecule has 2 N–H and O–H groups in total. The van der Waals surface area contributed by atoms with Crippen molar-refractivity contribution < 1.29 is 14.8 Å². The van der Waals surface area contributed by atoms with Crippen LogP contribution in [0.3, 0.4) is 0 Å². The number of hydrogen-bond acceptors (Lipinski definition) is 2. The van der Waals surface area contributed by atoms with Gasteiger partial charge in [-0.3, -0.25) is 0 Å². The van der Waals surface area contributed by atoms with Crippen molar-refractivity contribution in [1.29, 1.82) is 0 Å². The van der Waals surface area contributed by atoms with E-state index < -0.39 is 13.5 Å². The third-order valence-electron chi connectivity index (χ3n) is 3.75. The molecule has 0 saturated carbocycles. The van der Waals surface area contributed by atoms with Crippen LogP contribution in [-0.4, -0.2) is 16.0 Å². The number of carboxylic acids is 1. The Balaban J connectivity index is 2.18. The van der Waals surface area contributed by atoms with E-state index in [0.29, 0.717) is 0 Å². The van der Waals surface area contributed by atoms with Gasteiger partial charge in [0.2, 0.25) is 7.49 Å². The van der Waals surface area contributed by atoms with E-state index in [9.17, 15) is 9.69 Å². The lowest BCUT2D eigenvalue weighted by molar-refractivity contribution is 0.0697. The monoisotopic (exact) mass is 323 g/mol. The molecule has 114 valence electrons. The molecule has 3 rings (SSSR count). The Morgan fingerprint density at radius 2 is 1.04 bits per heavy atom. The normalized spacial score (nSPS) is 11.2. The molecule has 0 heterocycles. The topological polar surface area (TPSA) is 57.5 Å². The van der Waals surface area contributed by atoms with Crippen LogP contribution in [0.2, 0.25) is 0 Å². The second kappa shape index (κ2) is 6.33. The highest BCUT2D eigenvalue weighted by atomic mass is 31.2. The van der Waals surface area contributed by atoms with Crippen LogP contribution < -0.4 is 15.9 Å². The van der Waals surface area contributed by atoms with E-state index in [0.717, 1.165) is 15.9 Å². The fraction of sp³-hybridized carbons (Fsp3) is 0. The fourth-order valence-electron chi connectivity index (χ4n) is 2.55. The predicted molar refractivity (Wildman–Crippen MR) is 94.3 cm³/mol. The highest BCUT2D eigenvalue weighted by Crippen LogP contribution is 2.50. The summed E-state index contributed by atoms with van der Waals surface area (Å²) < 4.78 is 0. The highest BCUT2D eigenvalue weighted by molar-refractivity contribution is 7.91. The van der Waals surface area contributed by atoms with Gasteiger partial charge in [-0.1, -0.05) is 36.4 Å². The number of hydrogen-bond donors (Lipinski definition) is 2. The summed E-state index contributed by atoms with van der Waals surface area (Å²) in [6.07, 6.45) is 0. The minimum absolute atomic E-state index is 0.210. The van der Waals surface area contributed by atoms with E-state index in [4.69, 9.17) is 5.11 Å². The second-order valence-corrected chi connectivity index (χ2v) is 7.98. The molecule has 3 nitrogen and oxygen atoms in total. The van der Waals surface area contributed by atoms with Gasteiger partial charge in [-0.2, -0.15) is 0 Å². The van der Waals surface area contributed by atoms with Crippen LogP contribution in [0.5, 0.6) is 0 Å². The molecule has 0 saturated heterocycles. The van der Waals surface area contributed by atoms with E-state index in [1.54, 1.807) is 12.1 Å². The van der Waals surface area contributed by atoms with Gasteiger partial charge in [-0.25, -0.2) is 9.69 Å². The van der Waals surface area contributed by atoms with Crippen LogP contribution in [-0.2, 0) is 0 Å². The van der Waals surface area contributed by atoms with Crippen molar-refractivity contribution >= 4 is 29.4 Å². The minimum Gasteiger partial charge on any atom is -0.478 e. The zero-order chi connectivity index (χ0) is 16.3. The average Bonchev–Trinajstić information content (AvgIpc) is 2.62. The fourth-order valence-corrected chi connectivity index (χ4v) is 5.24. The summed E-state index contributed by atoms with van der Waals surface area (Å²) in [6, 6.07) is 25.5. The maximum absolute atomic E-state index is 11.6. The molecule has 0 fully saturated rings. The molecule has 0 amide bonds. The van der Waals surface area contributed by atoms with Crippen molar-refractivity contribution in [2.75, 3.05) is 0 Å². The van der Waals surface area contributed by atoms with Gasteiger partial charge < -0.3 is 5.11 Å². The maximum Gasteiger partial charge on any atom is 0.335 e. The first-order chi connectivity index (χ1) is 11.1. The molecule has 0 atom stereocenters. The van der Waals surface area contributed by atoms with Crippen LogP contribution >= 0.6 is 7.49 Å². The van der Waals surface area contributed by atoms with E-state index >= 15 is 0 Å². The van der Waals surface area contributed by atoms with Gasteiger partial charge in [0.15, 0.2) is 0 Å². The molecule has 23 heavy (non-hydrogen) atoms. The van der Waals surface area contributed by atoms with Crippen LogP contribution in [0.1, 0.15) is 10.4 Å². The summed E-state index contributed by atoms with van der Waals surface area (Å²) in [4.78, 5) is 22.7. The number of carbonyl (C=O) groups is 1. The Morgan fingerprint density at radius 3 is 1.43 bits per heavy atom. The van der Waals surface area contributed by atoms with E-state index in [-0.39, 0.29) is 5.56 Å². The molecule has 0 aliphatic heterocycles. The quantitative estimate of drug-likeness (QED) is 0.726. The second-order valence-electron chi connectivity index (χ2n) is 5.16. The van der Waals surface area contributed by atoms with Gasteiger partial charge in [0.25, 0.3) is 0 Å². The van der Waals surface area contributed by atoms with Crippen molar-refractivity contribution in [3.63, 3.8) is 0 Å². The summed E-state index contributed by atoms with van der Waals surface area (Å²) >= 11 is 0. The molecule has 0 unspecified atom stereocenters. The van der Waals surface area contributed by atoms with Crippen molar-refractivity contribution in [2.45, 2.75) is 0 Å². The smallest absolute Gasteiger partial charge is 0.335 e. The lowest BCUT2D eigenvalue weighted by atomic mass is 10.2. The third-order valence-corrected chi connectivity index (χ3v) is 6.88. The maximum atomic E-state index is 11.6. The van der Waals surface area contributed by atoms with Crippen molar-refractivity contribution in [2.24, 2.45) is 0 Å². The zero-order valence-electron chi connectivity index (χ0n) is 12.3. The van der Waals surface area contributed by atoms with E-state index in [1.807, 2.05) is 60.7 Å². The summed E-state index contributed by atoms with van der Waals surface area (Å²) in [6.45, 7) is 0. The Morgan fingerprint density at radius 1 is 0.652 bits per heavy atom. The summed E-state index contributed by atoms with van der Waals surface area (Å²) in [7, 11) is -2.77. The summed E-state index contributed by atoms with van der Waals surface area (Å²) in [5, 5.41) is 11.5. The highest BCUT2D eigenvalue weighted by Gasteiger charge is 2.44. The molecule has 0 aliphatic rings. The molecular formula is C19H16O3P+. The van der Waals surface area contributed by atoms with E-state index in [1.165, 1.54) is 12.1 Å². The third kappa shape index (κ3) is 2.89. The molecule has 0 spiro atoms. The van der Waals surface area contributed by atoms with Crippen LogP contribution in [0.4, 0.5) is 0 Å². The van der Waals surface area contributed by atoms with Gasteiger partial charge in [0.05, 0.1) is 5.56 Å². The zero-order valence-corrected chi connectivity index (χ0v) is 13.2. The summed E-state index contributed by atoms with van der Waals surface area (Å²) in [5.41, 5.74) is 0.210. The number of rotatable bonds is 4. The number of aromatic carboxylic acids is 1. The van der Waals surface area contributed by atoms with Crippen LogP contribution in [0, 0.1) is 0 Å². The molecule has 3 aromatic rings. The van der Waals surface area contributed by atoms with Gasteiger partial charge >= 0.3 is 5.97 Å². The molecular weight excluding hydrogens is 307 g/mol. The van der Waals surface area contributed by atoms with Crippen LogP contribution in [0.15, 0.2) is 84.9 Å². The van der Waals surface area contributed by atoms with Gasteiger partial charge in [-0.15, -0.1) is 0 Å². The van der Waals surface area contributed by atoms with E-state index in [2.05, 4.69) is 0 Å². The van der Waals surface area contributed by atoms with Crippen molar-refractivity contribution in [3.8, 4) is 0 Å². The number of benzene rings is 3. The van der Waals surface area contributed by atoms with Crippen molar-refractivity contribution in [1.82, 2.24) is 0 Å². The molecule has 0 aliphatic carbocycles.